The molecule has 174 valence electrons. The summed E-state index contributed by atoms with van der Waals surface area (Å²) in [6.07, 6.45) is 0. The van der Waals surface area contributed by atoms with Crippen LogP contribution in [0.4, 0.5) is 5.69 Å². The maximum absolute atomic E-state index is 13.1. The summed E-state index contributed by atoms with van der Waals surface area (Å²) in [5.74, 6) is -1.05. The summed E-state index contributed by atoms with van der Waals surface area (Å²) < 4.78 is 30.5. The molecule has 0 saturated carbocycles. The molecule has 5 aromatic rings. The molecular weight excluding hydrogens is 460 g/mol. The molecule has 0 fully saturated rings. The van der Waals surface area contributed by atoms with Crippen LogP contribution < -0.4 is 4.72 Å². The van der Waals surface area contributed by atoms with Crippen molar-refractivity contribution in [1.82, 2.24) is 4.57 Å². The number of anilines is 1. The Morgan fingerprint density at radius 1 is 0.771 bits per heavy atom. The SMILES string of the molecule is Cn1c(C(=O)O)c(-c2ccccc2)c2cc(NS(=O)(=O)c3ccc(-c4ccccc4)cc3)ccc21. The minimum Gasteiger partial charge on any atom is -0.477 e. The summed E-state index contributed by atoms with van der Waals surface area (Å²) >= 11 is 0. The third-order valence-electron chi connectivity index (χ3n) is 5.99. The van der Waals surface area contributed by atoms with Crippen LogP contribution in [0.15, 0.2) is 108 Å². The van der Waals surface area contributed by atoms with Gasteiger partial charge in [-0.1, -0.05) is 72.8 Å². The number of aryl methyl sites for hydroxylation is 1. The minimum absolute atomic E-state index is 0.139. The quantitative estimate of drug-likeness (QED) is 0.310. The molecule has 0 bridgehead atoms. The van der Waals surface area contributed by atoms with E-state index >= 15 is 0 Å². The molecule has 0 unspecified atom stereocenters. The van der Waals surface area contributed by atoms with Crippen LogP contribution in [0.2, 0.25) is 0 Å². The van der Waals surface area contributed by atoms with Gasteiger partial charge in [0.1, 0.15) is 5.69 Å². The lowest BCUT2D eigenvalue weighted by Gasteiger charge is -2.10. The van der Waals surface area contributed by atoms with Crippen molar-refractivity contribution in [2.24, 2.45) is 7.05 Å². The monoisotopic (exact) mass is 482 g/mol. The molecule has 6 nitrogen and oxygen atoms in total. The number of carboxylic acids is 1. The summed E-state index contributed by atoms with van der Waals surface area (Å²) in [5.41, 5.74) is 4.39. The normalized spacial score (nSPS) is 11.5. The molecule has 0 amide bonds. The number of carboxylic acid groups (broad SMARTS) is 1. The van der Waals surface area contributed by atoms with Crippen LogP contribution in [0, 0.1) is 0 Å². The van der Waals surface area contributed by atoms with Gasteiger partial charge in [0, 0.05) is 29.2 Å². The average Bonchev–Trinajstić information content (AvgIpc) is 3.17. The summed E-state index contributed by atoms with van der Waals surface area (Å²) in [7, 11) is -2.16. The second-order valence-electron chi connectivity index (χ2n) is 8.18. The van der Waals surface area contributed by atoms with E-state index in [4.69, 9.17) is 0 Å². The molecular formula is C28H22N2O4S. The van der Waals surface area contributed by atoms with Crippen LogP contribution in [0.3, 0.4) is 0 Å². The van der Waals surface area contributed by atoms with Crippen molar-refractivity contribution < 1.29 is 18.3 Å². The summed E-state index contributed by atoms with van der Waals surface area (Å²) in [6.45, 7) is 0. The van der Waals surface area contributed by atoms with Crippen LogP contribution in [-0.2, 0) is 17.1 Å². The van der Waals surface area contributed by atoms with Crippen LogP contribution in [0.25, 0.3) is 33.2 Å². The number of carbonyl (C=O) groups is 1. The third kappa shape index (κ3) is 4.18. The van der Waals surface area contributed by atoms with Crippen LogP contribution in [0.1, 0.15) is 10.5 Å². The Balaban J connectivity index is 1.54. The second-order valence-corrected chi connectivity index (χ2v) is 9.86. The summed E-state index contributed by atoms with van der Waals surface area (Å²) in [5, 5.41) is 10.5. The zero-order chi connectivity index (χ0) is 24.6. The number of aromatic nitrogens is 1. The zero-order valence-electron chi connectivity index (χ0n) is 18.8. The number of sulfonamides is 1. The lowest BCUT2D eigenvalue weighted by atomic mass is 10.0. The zero-order valence-corrected chi connectivity index (χ0v) is 19.7. The van der Waals surface area contributed by atoms with E-state index in [-0.39, 0.29) is 10.6 Å². The van der Waals surface area contributed by atoms with E-state index in [0.717, 1.165) is 16.7 Å². The minimum atomic E-state index is -3.85. The van der Waals surface area contributed by atoms with Crippen molar-refractivity contribution in [3.63, 3.8) is 0 Å². The molecule has 0 aliphatic carbocycles. The molecule has 35 heavy (non-hydrogen) atoms. The number of benzene rings is 4. The number of hydrogen-bond donors (Lipinski definition) is 2. The molecule has 0 spiro atoms. The standard InChI is InChI=1S/C28H22N2O4S/c1-30-25-17-14-22(18-24(25)26(27(30)28(31)32)21-10-6-3-7-11-21)29-35(33,34)23-15-12-20(13-16-23)19-8-4-2-5-9-19/h2-18,29H,1H3,(H,31,32). The first-order chi connectivity index (χ1) is 16.8. The maximum atomic E-state index is 13.1. The van der Waals surface area contributed by atoms with Gasteiger partial charge in [0.15, 0.2) is 0 Å². The summed E-state index contributed by atoms with van der Waals surface area (Å²) in [6, 6.07) is 30.7. The van der Waals surface area contributed by atoms with Gasteiger partial charge < -0.3 is 9.67 Å². The fourth-order valence-corrected chi connectivity index (χ4v) is 5.38. The summed E-state index contributed by atoms with van der Waals surface area (Å²) in [4.78, 5) is 12.2. The second kappa shape index (κ2) is 8.77. The molecule has 0 aliphatic heterocycles. The first kappa shape index (κ1) is 22.4. The van der Waals surface area contributed by atoms with E-state index in [1.54, 1.807) is 54.1 Å². The molecule has 0 aliphatic rings. The Labute approximate surface area is 203 Å². The van der Waals surface area contributed by atoms with Crippen LogP contribution in [0.5, 0.6) is 0 Å². The number of nitrogens with one attached hydrogen (secondary N) is 1. The highest BCUT2D eigenvalue weighted by molar-refractivity contribution is 7.92. The van der Waals surface area contributed by atoms with E-state index in [9.17, 15) is 18.3 Å². The molecule has 0 radical (unpaired) electrons. The Kier molecular flexibility index (Phi) is 5.62. The first-order valence-corrected chi connectivity index (χ1v) is 12.4. The number of nitrogens with zero attached hydrogens (tertiary/aromatic N) is 1. The molecule has 4 aromatic carbocycles. The van der Waals surface area contributed by atoms with E-state index in [1.807, 2.05) is 60.7 Å². The van der Waals surface area contributed by atoms with E-state index in [2.05, 4.69) is 4.72 Å². The predicted molar refractivity (Wildman–Crippen MR) is 138 cm³/mol. The molecule has 5 rings (SSSR count). The number of aromatic carboxylic acids is 1. The highest BCUT2D eigenvalue weighted by Crippen LogP contribution is 2.36. The number of hydrogen-bond acceptors (Lipinski definition) is 3. The topological polar surface area (TPSA) is 88.4 Å². The molecule has 7 heteroatoms. The molecule has 1 aromatic heterocycles. The van der Waals surface area contributed by atoms with Crippen molar-refractivity contribution in [1.29, 1.82) is 0 Å². The van der Waals surface area contributed by atoms with E-state index < -0.39 is 16.0 Å². The lowest BCUT2D eigenvalue weighted by molar-refractivity contribution is 0.0688. The van der Waals surface area contributed by atoms with E-state index in [1.165, 1.54) is 0 Å². The highest BCUT2D eigenvalue weighted by atomic mass is 32.2. The smallest absolute Gasteiger partial charge is 0.353 e. The van der Waals surface area contributed by atoms with Gasteiger partial charge in [0.25, 0.3) is 10.0 Å². The maximum Gasteiger partial charge on any atom is 0.353 e. The van der Waals surface area contributed by atoms with Crippen molar-refractivity contribution in [2.75, 3.05) is 4.72 Å². The van der Waals surface area contributed by atoms with Crippen molar-refractivity contribution in [2.45, 2.75) is 4.90 Å². The molecule has 0 saturated heterocycles. The van der Waals surface area contributed by atoms with Crippen molar-refractivity contribution in [3.8, 4) is 22.3 Å². The van der Waals surface area contributed by atoms with Crippen molar-refractivity contribution in [3.05, 3.63) is 109 Å². The van der Waals surface area contributed by atoms with Crippen LogP contribution >= 0.6 is 0 Å². The van der Waals surface area contributed by atoms with Crippen LogP contribution in [-0.4, -0.2) is 24.1 Å². The Morgan fingerprint density at radius 3 is 1.94 bits per heavy atom. The van der Waals surface area contributed by atoms with Gasteiger partial charge in [-0.15, -0.1) is 0 Å². The lowest BCUT2D eigenvalue weighted by Crippen LogP contribution is -2.12. The van der Waals surface area contributed by atoms with Gasteiger partial charge in [-0.05, 0) is 47.0 Å². The number of fused-ring (bicyclic) bond motifs is 1. The van der Waals surface area contributed by atoms with Gasteiger partial charge in [0.2, 0.25) is 0 Å². The van der Waals surface area contributed by atoms with Gasteiger partial charge >= 0.3 is 5.97 Å². The average molecular weight is 483 g/mol. The van der Waals surface area contributed by atoms with E-state index in [0.29, 0.717) is 22.2 Å². The third-order valence-corrected chi connectivity index (χ3v) is 7.39. The first-order valence-electron chi connectivity index (χ1n) is 10.9. The predicted octanol–water partition coefficient (Wildman–Crippen LogP) is 6.01. The number of rotatable bonds is 6. The van der Waals surface area contributed by atoms with Gasteiger partial charge in [0.05, 0.1) is 4.90 Å². The van der Waals surface area contributed by atoms with Gasteiger partial charge in [-0.25, -0.2) is 13.2 Å². The Hall–Kier alpha value is -4.36. The Bertz CT molecular complexity index is 1640. The van der Waals surface area contributed by atoms with Crippen molar-refractivity contribution >= 4 is 32.6 Å². The fraction of sp³-hybridized carbons (Fsp3) is 0.0357. The molecule has 1 heterocycles. The van der Waals surface area contributed by atoms with Gasteiger partial charge in [-0.2, -0.15) is 0 Å². The van der Waals surface area contributed by atoms with Gasteiger partial charge in [-0.3, -0.25) is 4.72 Å². The fourth-order valence-electron chi connectivity index (χ4n) is 4.33. The highest BCUT2D eigenvalue weighted by Gasteiger charge is 2.23. The molecule has 2 N–H and O–H groups in total. The Morgan fingerprint density at radius 2 is 1.34 bits per heavy atom. The largest absolute Gasteiger partial charge is 0.477 e. The molecule has 0 atom stereocenters.